The van der Waals surface area contributed by atoms with Crippen LogP contribution in [0, 0.1) is 0 Å². The van der Waals surface area contributed by atoms with E-state index in [-0.39, 0.29) is 18.9 Å². The number of nitrogens with one attached hydrogen (secondary N) is 2. The SMILES string of the molecule is CCCCCCCCCCCCCCCCCCCCCCCCCCCC(=O)NC(COC1OC(CO)C(OC2OC(CO)C(O)C(OC3(C(=O)O)CC(O)C(NC(C)=O)C(C(O)C(O)CO)O3)C2O)C(O)C1O)C(O)CCCCCCCCCCCCCCCCCCCCCCC. The van der Waals surface area contributed by atoms with Gasteiger partial charge in [0.05, 0.1) is 50.7 Å². The predicted molar refractivity (Wildman–Crippen MR) is 385 cm³/mol. The third-order valence-corrected chi connectivity index (χ3v) is 20.8. The van der Waals surface area contributed by atoms with Gasteiger partial charge in [-0.1, -0.05) is 303 Å². The van der Waals surface area contributed by atoms with Crippen molar-refractivity contribution in [3.05, 3.63) is 0 Å². The molecule has 23 nitrogen and oxygen atoms in total. The third kappa shape index (κ3) is 37.3. The second-order valence-corrected chi connectivity index (χ2v) is 29.6. The summed E-state index contributed by atoms with van der Waals surface area (Å²) in [7, 11) is 0. The standard InChI is InChI=1S/C77H146N2O21/c1-4-6-8-10-12-14-16-18-20-22-24-26-27-28-29-31-33-35-37-39-41-43-45-47-49-51-64(87)79-58(59(84)50-48-46-44-42-40-38-36-34-32-30-25-23-21-19-17-15-13-11-9-7-5-2)56-95-74-69(91)68(90)71(63(55-82)97-74)98-75-70(92)73(67(89)62(54-81)96-75)100-77(76(93)94)52-60(85)65(78-57(3)83)72(99-77)66(88)61(86)53-80/h58-63,65-75,80-82,84-86,88-92H,4-56H2,1-3H3,(H,78,83)(H,79,87)(H,93,94). The molecule has 0 aromatic rings. The topological polar surface area (TPSA) is 373 Å². The van der Waals surface area contributed by atoms with E-state index in [1.807, 2.05) is 0 Å². The van der Waals surface area contributed by atoms with E-state index in [1.165, 1.54) is 238 Å². The van der Waals surface area contributed by atoms with Crippen LogP contribution in [-0.4, -0.2) is 215 Å². The molecule has 3 fully saturated rings. The number of aliphatic hydroxyl groups excluding tert-OH is 11. The fraction of sp³-hybridized carbons (Fsp3) is 0.961. The van der Waals surface area contributed by atoms with Gasteiger partial charge in [0.25, 0.3) is 5.79 Å². The second-order valence-electron chi connectivity index (χ2n) is 29.6. The summed E-state index contributed by atoms with van der Waals surface area (Å²) >= 11 is 0. The molecule has 18 atom stereocenters. The highest BCUT2D eigenvalue weighted by molar-refractivity contribution is 5.77. The number of aliphatic hydroxyl groups is 11. The van der Waals surface area contributed by atoms with Crippen LogP contribution < -0.4 is 10.6 Å². The fourth-order valence-electron chi connectivity index (χ4n) is 14.4. The monoisotopic (exact) mass is 1440 g/mol. The van der Waals surface area contributed by atoms with Crippen molar-refractivity contribution in [2.75, 3.05) is 26.4 Å². The lowest BCUT2D eigenvalue weighted by Crippen LogP contribution is -2.70. The molecule has 0 radical (unpaired) electrons. The van der Waals surface area contributed by atoms with E-state index in [2.05, 4.69) is 24.5 Å². The number of carbonyl (C=O) groups excluding carboxylic acids is 2. The molecule has 0 spiro atoms. The van der Waals surface area contributed by atoms with Crippen molar-refractivity contribution >= 4 is 17.8 Å². The van der Waals surface area contributed by atoms with E-state index in [4.69, 9.17) is 28.4 Å². The maximum Gasteiger partial charge on any atom is 0.364 e. The summed E-state index contributed by atoms with van der Waals surface area (Å²) < 4.78 is 35.0. The van der Waals surface area contributed by atoms with Crippen LogP contribution in [0.3, 0.4) is 0 Å². The van der Waals surface area contributed by atoms with E-state index >= 15 is 0 Å². The summed E-state index contributed by atoms with van der Waals surface area (Å²) in [6.45, 7) is 2.27. The Morgan fingerprint density at radius 3 is 1.25 bits per heavy atom. The van der Waals surface area contributed by atoms with Gasteiger partial charge in [-0.25, -0.2) is 4.79 Å². The first-order valence-corrected chi connectivity index (χ1v) is 40.4. The average molecular weight is 1440 g/mol. The Morgan fingerprint density at radius 2 is 0.870 bits per heavy atom. The maximum absolute atomic E-state index is 13.6. The summed E-state index contributed by atoms with van der Waals surface area (Å²) in [5.74, 6) is -6.09. The molecule has 3 aliphatic heterocycles. The quantitative estimate of drug-likeness (QED) is 0.0252. The Hall–Kier alpha value is -2.27. The molecule has 3 rings (SSSR count). The number of hydrogen-bond donors (Lipinski definition) is 14. The van der Waals surface area contributed by atoms with Crippen molar-refractivity contribution in [2.24, 2.45) is 0 Å². The van der Waals surface area contributed by atoms with E-state index in [0.717, 1.165) is 51.9 Å². The van der Waals surface area contributed by atoms with Gasteiger partial charge in [0, 0.05) is 19.8 Å². The molecule has 590 valence electrons. The third-order valence-electron chi connectivity index (χ3n) is 20.8. The van der Waals surface area contributed by atoms with Crippen LogP contribution in [0.5, 0.6) is 0 Å². The van der Waals surface area contributed by atoms with Crippen molar-refractivity contribution in [3.8, 4) is 0 Å². The molecule has 14 N–H and O–H groups in total. The van der Waals surface area contributed by atoms with Gasteiger partial charge in [0.2, 0.25) is 11.8 Å². The normalized spacial score (nSPS) is 26.9. The number of carbonyl (C=O) groups is 3. The highest BCUT2D eigenvalue weighted by Gasteiger charge is 2.60. The van der Waals surface area contributed by atoms with Crippen LogP contribution in [0.1, 0.15) is 335 Å². The first kappa shape index (κ1) is 91.9. The molecule has 2 amide bonds. The molecule has 100 heavy (non-hydrogen) atoms. The lowest BCUT2D eigenvalue weighted by molar-refractivity contribution is -0.386. The van der Waals surface area contributed by atoms with Gasteiger partial charge in [-0.05, 0) is 12.8 Å². The maximum atomic E-state index is 13.6. The zero-order valence-electron chi connectivity index (χ0n) is 62.3. The zero-order valence-corrected chi connectivity index (χ0v) is 62.3. The first-order valence-electron chi connectivity index (χ1n) is 40.4. The number of amides is 2. The fourth-order valence-corrected chi connectivity index (χ4v) is 14.4. The van der Waals surface area contributed by atoms with Crippen molar-refractivity contribution in [3.63, 3.8) is 0 Å². The van der Waals surface area contributed by atoms with Crippen LogP contribution in [0.15, 0.2) is 0 Å². The van der Waals surface area contributed by atoms with Gasteiger partial charge in [-0.3, -0.25) is 9.59 Å². The van der Waals surface area contributed by atoms with Gasteiger partial charge in [-0.15, -0.1) is 0 Å². The Kier molecular flexibility index (Phi) is 52.4. The number of unbranched alkanes of at least 4 members (excludes halogenated alkanes) is 44. The van der Waals surface area contributed by atoms with Gasteiger partial charge < -0.3 is 100 Å². The van der Waals surface area contributed by atoms with Crippen molar-refractivity contribution in [1.29, 1.82) is 0 Å². The van der Waals surface area contributed by atoms with Crippen molar-refractivity contribution < 1.29 is 104 Å². The van der Waals surface area contributed by atoms with E-state index in [1.54, 1.807) is 0 Å². The highest BCUT2D eigenvalue weighted by atomic mass is 16.8. The molecule has 3 heterocycles. The molecule has 3 aliphatic rings. The predicted octanol–water partition coefficient (Wildman–Crippen LogP) is 10.4. The van der Waals surface area contributed by atoms with Crippen molar-refractivity contribution in [2.45, 2.75) is 445 Å². The molecule has 18 unspecified atom stereocenters. The van der Waals surface area contributed by atoms with Crippen molar-refractivity contribution in [1.82, 2.24) is 10.6 Å². The van der Waals surface area contributed by atoms with Gasteiger partial charge in [-0.2, -0.15) is 0 Å². The minimum absolute atomic E-state index is 0.230. The number of hydrogen-bond acceptors (Lipinski definition) is 20. The van der Waals surface area contributed by atoms with Gasteiger partial charge in [0.1, 0.15) is 67.1 Å². The van der Waals surface area contributed by atoms with Crippen LogP contribution in [0.2, 0.25) is 0 Å². The number of aliphatic carboxylic acids is 1. The van der Waals surface area contributed by atoms with Crippen LogP contribution in [-0.2, 0) is 42.8 Å². The largest absolute Gasteiger partial charge is 0.477 e. The number of carboxylic acid groups (broad SMARTS) is 1. The first-order chi connectivity index (χ1) is 48.4. The smallest absolute Gasteiger partial charge is 0.364 e. The molecule has 23 heteroatoms. The van der Waals surface area contributed by atoms with E-state index in [9.17, 15) is 75.7 Å². The Morgan fingerprint density at radius 1 is 0.480 bits per heavy atom. The molecule has 0 aromatic heterocycles. The molecule has 0 bridgehead atoms. The molecule has 3 saturated heterocycles. The second kappa shape index (κ2) is 57.0. The molecular formula is C77H146N2O21. The van der Waals surface area contributed by atoms with Crippen LogP contribution >= 0.6 is 0 Å². The zero-order chi connectivity index (χ0) is 73.2. The Bertz CT molecular complexity index is 2000. The Labute approximate surface area is 601 Å². The van der Waals surface area contributed by atoms with Gasteiger partial charge >= 0.3 is 5.97 Å². The summed E-state index contributed by atoms with van der Waals surface area (Å²) in [5, 5.41) is 137. The number of ether oxygens (including phenoxy) is 6. The van der Waals surface area contributed by atoms with Gasteiger partial charge in [0.15, 0.2) is 12.6 Å². The Balaban J connectivity index is 1.51. The number of carboxylic acids is 1. The van der Waals surface area contributed by atoms with Crippen LogP contribution in [0.25, 0.3) is 0 Å². The summed E-state index contributed by atoms with van der Waals surface area (Å²) in [5.41, 5.74) is 0. The van der Waals surface area contributed by atoms with E-state index in [0.29, 0.717) is 19.3 Å². The molecular weight excluding hydrogens is 1290 g/mol. The minimum atomic E-state index is -3.08. The number of rotatable bonds is 64. The summed E-state index contributed by atoms with van der Waals surface area (Å²) in [6.07, 6.45) is 29.5. The summed E-state index contributed by atoms with van der Waals surface area (Å²) in [6, 6.07) is -2.53. The van der Waals surface area contributed by atoms with Crippen LogP contribution in [0.4, 0.5) is 0 Å². The minimum Gasteiger partial charge on any atom is -0.477 e. The lowest BCUT2D eigenvalue weighted by atomic mass is 9.88. The lowest BCUT2D eigenvalue weighted by Gasteiger charge is -2.50. The average Bonchev–Trinajstić information content (AvgIpc) is 0.758. The molecule has 0 aromatic carbocycles. The van der Waals surface area contributed by atoms with E-state index < -0.39 is 148 Å². The molecule has 0 aliphatic carbocycles. The highest BCUT2D eigenvalue weighted by Crippen LogP contribution is 2.39. The molecule has 0 saturated carbocycles. The summed E-state index contributed by atoms with van der Waals surface area (Å²) in [4.78, 5) is 38.7.